The van der Waals surface area contributed by atoms with Gasteiger partial charge >= 0.3 is 0 Å². The normalized spacial score (nSPS) is 17.4. The van der Waals surface area contributed by atoms with E-state index in [-0.39, 0.29) is 0 Å². The van der Waals surface area contributed by atoms with Crippen LogP contribution in [0, 0.1) is 6.92 Å². The van der Waals surface area contributed by atoms with Gasteiger partial charge in [-0.25, -0.2) is 4.68 Å². The lowest BCUT2D eigenvalue weighted by Gasteiger charge is -2.08. The Balaban J connectivity index is 1.93. The van der Waals surface area contributed by atoms with Gasteiger partial charge in [0.25, 0.3) is 0 Å². The standard InChI is InChI=1S/C13H14N2O/c1-10-8-14-15(9-10)12-4-2-11(3-5-12)13(16)6-7-13/h2-5,8-9,16H,6-7H2,1H3. The molecule has 82 valence electrons. The van der Waals surface area contributed by atoms with Crippen LogP contribution in [-0.2, 0) is 5.60 Å². The zero-order valence-electron chi connectivity index (χ0n) is 9.22. The Labute approximate surface area is 94.3 Å². The van der Waals surface area contributed by atoms with Gasteiger partial charge in [0.1, 0.15) is 0 Å². The molecule has 3 rings (SSSR count). The van der Waals surface area contributed by atoms with E-state index in [0.29, 0.717) is 0 Å². The van der Waals surface area contributed by atoms with E-state index in [2.05, 4.69) is 5.10 Å². The lowest BCUT2D eigenvalue weighted by Crippen LogP contribution is -2.04. The largest absolute Gasteiger partial charge is 0.385 e. The molecular formula is C13H14N2O. The van der Waals surface area contributed by atoms with Crippen LogP contribution < -0.4 is 0 Å². The summed E-state index contributed by atoms with van der Waals surface area (Å²) in [5.41, 5.74) is 2.64. The van der Waals surface area contributed by atoms with Crippen molar-refractivity contribution in [1.29, 1.82) is 0 Å². The van der Waals surface area contributed by atoms with Gasteiger partial charge in [-0.1, -0.05) is 12.1 Å². The van der Waals surface area contributed by atoms with E-state index in [1.165, 1.54) is 0 Å². The molecule has 0 bridgehead atoms. The van der Waals surface area contributed by atoms with Crippen LogP contribution in [0.5, 0.6) is 0 Å². The van der Waals surface area contributed by atoms with Gasteiger partial charge in [-0.2, -0.15) is 5.10 Å². The molecule has 2 aromatic rings. The number of benzene rings is 1. The molecular weight excluding hydrogens is 200 g/mol. The molecule has 0 unspecified atom stereocenters. The summed E-state index contributed by atoms with van der Waals surface area (Å²) in [6.07, 6.45) is 5.59. The maximum atomic E-state index is 9.94. The second-order valence-electron chi connectivity index (χ2n) is 4.54. The fraction of sp³-hybridized carbons (Fsp3) is 0.308. The summed E-state index contributed by atoms with van der Waals surface area (Å²) in [4.78, 5) is 0. The molecule has 1 aliphatic carbocycles. The fourth-order valence-electron chi connectivity index (χ4n) is 1.89. The van der Waals surface area contributed by atoms with Crippen molar-refractivity contribution < 1.29 is 5.11 Å². The Morgan fingerprint density at radius 1 is 1.25 bits per heavy atom. The first-order chi connectivity index (χ1) is 7.67. The smallest absolute Gasteiger partial charge is 0.0899 e. The molecule has 16 heavy (non-hydrogen) atoms. The van der Waals surface area contributed by atoms with Crippen LogP contribution in [0.2, 0.25) is 0 Å². The first-order valence-electron chi connectivity index (χ1n) is 5.52. The van der Waals surface area contributed by atoms with Gasteiger partial charge in [0.05, 0.1) is 17.5 Å². The van der Waals surface area contributed by atoms with E-state index in [1.807, 2.05) is 48.3 Å². The molecule has 3 nitrogen and oxygen atoms in total. The summed E-state index contributed by atoms with van der Waals surface area (Å²) in [6, 6.07) is 7.97. The van der Waals surface area contributed by atoms with E-state index in [0.717, 1.165) is 29.7 Å². The summed E-state index contributed by atoms with van der Waals surface area (Å²) in [6.45, 7) is 2.02. The summed E-state index contributed by atoms with van der Waals surface area (Å²) >= 11 is 0. The molecule has 1 aromatic carbocycles. The molecule has 1 fully saturated rings. The molecule has 0 radical (unpaired) electrons. The minimum Gasteiger partial charge on any atom is -0.385 e. The van der Waals surface area contributed by atoms with Gasteiger partial charge < -0.3 is 5.11 Å². The molecule has 1 heterocycles. The predicted octanol–water partition coefficient (Wildman–Crippen LogP) is 2.16. The third-order valence-electron chi connectivity index (χ3n) is 3.10. The lowest BCUT2D eigenvalue weighted by molar-refractivity contribution is 0.151. The highest BCUT2D eigenvalue weighted by molar-refractivity contribution is 5.38. The molecule has 1 saturated carbocycles. The molecule has 0 saturated heterocycles. The lowest BCUT2D eigenvalue weighted by atomic mass is 10.1. The van der Waals surface area contributed by atoms with E-state index in [4.69, 9.17) is 0 Å². The van der Waals surface area contributed by atoms with Crippen molar-refractivity contribution in [3.63, 3.8) is 0 Å². The molecule has 1 aliphatic rings. The minimum atomic E-state index is -0.543. The topological polar surface area (TPSA) is 38.0 Å². The average Bonchev–Trinajstić information content (AvgIpc) is 2.89. The predicted molar refractivity (Wildman–Crippen MR) is 61.4 cm³/mol. The number of nitrogens with zero attached hydrogens (tertiary/aromatic N) is 2. The second kappa shape index (κ2) is 3.19. The zero-order valence-corrected chi connectivity index (χ0v) is 9.22. The molecule has 0 atom stereocenters. The van der Waals surface area contributed by atoms with Crippen LogP contribution in [0.25, 0.3) is 5.69 Å². The Hall–Kier alpha value is -1.61. The van der Waals surface area contributed by atoms with Crippen LogP contribution in [-0.4, -0.2) is 14.9 Å². The quantitative estimate of drug-likeness (QED) is 0.832. The van der Waals surface area contributed by atoms with Crippen molar-refractivity contribution in [3.05, 3.63) is 47.8 Å². The molecule has 0 amide bonds. The highest BCUT2D eigenvalue weighted by Gasteiger charge is 2.41. The van der Waals surface area contributed by atoms with Crippen molar-refractivity contribution >= 4 is 0 Å². The van der Waals surface area contributed by atoms with Crippen molar-refractivity contribution in [2.24, 2.45) is 0 Å². The van der Waals surface area contributed by atoms with Gasteiger partial charge in [0, 0.05) is 6.20 Å². The van der Waals surface area contributed by atoms with Gasteiger partial charge in [0.2, 0.25) is 0 Å². The summed E-state index contributed by atoms with van der Waals surface area (Å²) in [5, 5.41) is 14.2. The Bertz CT molecular complexity index is 509. The van der Waals surface area contributed by atoms with Gasteiger partial charge in [0.15, 0.2) is 0 Å². The number of hydrogen-bond acceptors (Lipinski definition) is 2. The number of aromatic nitrogens is 2. The fourth-order valence-corrected chi connectivity index (χ4v) is 1.89. The summed E-state index contributed by atoms with van der Waals surface area (Å²) in [5.74, 6) is 0. The number of aryl methyl sites for hydroxylation is 1. The van der Waals surface area contributed by atoms with E-state index >= 15 is 0 Å². The van der Waals surface area contributed by atoms with Gasteiger partial charge in [-0.15, -0.1) is 0 Å². The van der Waals surface area contributed by atoms with Gasteiger partial charge in [-0.3, -0.25) is 0 Å². The SMILES string of the molecule is Cc1cnn(-c2ccc(C3(O)CC3)cc2)c1. The van der Waals surface area contributed by atoms with Crippen molar-refractivity contribution in [3.8, 4) is 5.69 Å². The first kappa shape index (κ1) is 9.60. The molecule has 1 aromatic heterocycles. The van der Waals surface area contributed by atoms with E-state index < -0.39 is 5.60 Å². The van der Waals surface area contributed by atoms with Gasteiger partial charge in [-0.05, 0) is 43.0 Å². The highest BCUT2D eigenvalue weighted by atomic mass is 16.3. The Kier molecular flexibility index (Phi) is 1.91. The third-order valence-corrected chi connectivity index (χ3v) is 3.10. The molecule has 0 spiro atoms. The zero-order chi connectivity index (χ0) is 11.2. The maximum Gasteiger partial charge on any atom is 0.0899 e. The number of rotatable bonds is 2. The van der Waals surface area contributed by atoms with E-state index in [9.17, 15) is 5.11 Å². The van der Waals surface area contributed by atoms with Crippen molar-refractivity contribution in [1.82, 2.24) is 9.78 Å². The number of hydrogen-bond donors (Lipinski definition) is 1. The van der Waals surface area contributed by atoms with Crippen molar-refractivity contribution in [2.75, 3.05) is 0 Å². The molecule has 3 heteroatoms. The van der Waals surface area contributed by atoms with Crippen LogP contribution in [0.1, 0.15) is 24.0 Å². The Morgan fingerprint density at radius 2 is 1.94 bits per heavy atom. The maximum absolute atomic E-state index is 9.94. The second-order valence-corrected chi connectivity index (χ2v) is 4.54. The third kappa shape index (κ3) is 1.53. The minimum absolute atomic E-state index is 0.543. The molecule has 1 N–H and O–H groups in total. The van der Waals surface area contributed by atoms with Crippen LogP contribution in [0.4, 0.5) is 0 Å². The van der Waals surface area contributed by atoms with Crippen molar-refractivity contribution in [2.45, 2.75) is 25.4 Å². The summed E-state index contributed by atoms with van der Waals surface area (Å²) in [7, 11) is 0. The van der Waals surface area contributed by atoms with Crippen LogP contribution >= 0.6 is 0 Å². The van der Waals surface area contributed by atoms with Crippen LogP contribution in [0.15, 0.2) is 36.7 Å². The highest BCUT2D eigenvalue weighted by Crippen LogP contribution is 2.45. The van der Waals surface area contributed by atoms with E-state index in [1.54, 1.807) is 0 Å². The molecule has 0 aliphatic heterocycles. The van der Waals surface area contributed by atoms with Crippen LogP contribution in [0.3, 0.4) is 0 Å². The Morgan fingerprint density at radius 3 is 2.44 bits per heavy atom. The first-order valence-corrected chi connectivity index (χ1v) is 5.52. The average molecular weight is 214 g/mol. The number of aliphatic hydroxyl groups is 1. The summed E-state index contributed by atoms with van der Waals surface area (Å²) < 4.78 is 1.84. The monoisotopic (exact) mass is 214 g/mol.